The van der Waals surface area contributed by atoms with Gasteiger partial charge >= 0.3 is 0 Å². The van der Waals surface area contributed by atoms with Crippen LogP contribution < -0.4 is 15.0 Å². The van der Waals surface area contributed by atoms with Gasteiger partial charge in [-0.15, -0.1) is 0 Å². The van der Waals surface area contributed by atoms with E-state index in [1.165, 1.54) is 0 Å². The van der Waals surface area contributed by atoms with Crippen LogP contribution in [0.3, 0.4) is 0 Å². The minimum absolute atomic E-state index is 0.0372. The van der Waals surface area contributed by atoms with Crippen LogP contribution in [0.2, 0.25) is 0 Å². The van der Waals surface area contributed by atoms with Crippen LogP contribution in [0.5, 0.6) is 5.75 Å². The summed E-state index contributed by atoms with van der Waals surface area (Å²) in [6.07, 6.45) is 0. The smallest absolute Gasteiger partial charge is 0.243 e. The van der Waals surface area contributed by atoms with Crippen LogP contribution in [-0.2, 0) is 11.3 Å². The predicted molar refractivity (Wildman–Crippen MR) is 120 cm³/mol. The first-order chi connectivity index (χ1) is 14.1. The van der Waals surface area contributed by atoms with Crippen molar-refractivity contribution in [3.8, 4) is 5.75 Å². The van der Waals surface area contributed by atoms with Gasteiger partial charge in [0.1, 0.15) is 5.75 Å². The molecule has 0 bridgehead atoms. The standard InChI is InChI=1S/C25H28N2O2/c1-19(2)23-11-7-8-12-24(23)26-25(28)18-27(17-20-9-5-4-6-10-20)21-13-15-22(29-3)16-14-21/h4-16,19H,17-18H2,1-3H3,(H,26,28). The van der Waals surface area contributed by atoms with Gasteiger partial charge in [0.25, 0.3) is 0 Å². The highest BCUT2D eigenvalue weighted by Gasteiger charge is 2.15. The van der Waals surface area contributed by atoms with Crippen LogP contribution in [0.15, 0.2) is 78.9 Å². The summed E-state index contributed by atoms with van der Waals surface area (Å²) in [5.74, 6) is 1.10. The van der Waals surface area contributed by atoms with E-state index < -0.39 is 0 Å². The molecule has 0 aliphatic heterocycles. The van der Waals surface area contributed by atoms with Crippen molar-refractivity contribution in [3.05, 3.63) is 90.0 Å². The zero-order chi connectivity index (χ0) is 20.6. The number of carbonyl (C=O) groups is 1. The molecule has 0 saturated carbocycles. The first-order valence-electron chi connectivity index (χ1n) is 9.88. The van der Waals surface area contributed by atoms with Crippen molar-refractivity contribution < 1.29 is 9.53 Å². The minimum Gasteiger partial charge on any atom is -0.497 e. The Morgan fingerprint density at radius 2 is 1.59 bits per heavy atom. The number of rotatable bonds is 8. The molecule has 3 aromatic carbocycles. The lowest BCUT2D eigenvalue weighted by Gasteiger charge is -2.25. The molecule has 0 atom stereocenters. The minimum atomic E-state index is -0.0372. The SMILES string of the molecule is COc1ccc(N(CC(=O)Nc2ccccc2C(C)C)Cc2ccccc2)cc1. The van der Waals surface area contributed by atoms with Crippen LogP contribution >= 0.6 is 0 Å². The fourth-order valence-electron chi connectivity index (χ4n) is 3.31. The van der Waals surface area contributed by atoms with E-state index >= 15 is 0 Å². The van der Waals surface area contributed by atoms with E-state index in [0.29, 0.717) is 12.5 Å². The average Bonchev–Trinajstić information content (AvgIpc) is 2.74. The van der Waals surface area contributed by atoms with Gasteiger partial charge in [-0.05, 0) is 47.4 Å². The Hall–Kier alpha value is -3.27. The maximum Gasteiger partial charge on any atom is 0.243 e. The van der Waals surface area contributed by atoms with Gasteiger partial charge in [0.15, 0.2) is 0 Å². The van der Waals surface area contributed by atoms with Crippen molar-refractivity contribution in [1.29, 1.82) is 0 Å². The van der Waals surface area contributed by atoms with Gasteiger partial charge in [-0.2, -0.15) is 0 Å². The van der Waals surface area contributed by atoms with Gasteiger partial charge in [0.05, 0.1) is 13.7 Å². The number of nitrogens with zero attached hydrogens (tertiary/aromatic N) is 1. The molecule has 150 valence electrons. The first-order valence-corrected chi connectivity index (χ1v) is 9.88. The molecule has 29 heavy (non-hydrogen) atoms. The molecule has 0 aliphatic rings. The Morgan fingerprint density at radius 1 is 0.931 bits per heavy atom. The van der Waals surface area contributed by atoms with Crippen molar-refractivity contribution in [2.45, 2.75) is 26.3 Å². The Morgan fingerprint density at radius 3 is 2.24 bits per heavy atom. The van der Waals surface area contributed by atoms with Gasteiger partial charge in [-0.3, -0.25) is 4.79 Å². The number of para-hydroxylation sites is 1. The summed E-state index contributed by atoms with van der Waals surface area (Å²) in [6.45, 7) is 5.16. The number of hydrogen-bond donors (Lipinski definition) is 1. The number of benzene rings is 3. The van der Waals surface area contributed by atoms with Crippen LogP contribution in [0.4, 0.5) is 11.4 Å². The summed E-state index contributed by atoms with van der Waals surface area (Å²) in [5, 5.41) is 3.10. The van der Waals surface area contributed by atoms with E-state index in [9.17, 15) is 4.79 Å². The summed E-state index contributed by atoms with van der Waals surface area (Å²) in [5.41, 5.74) is 4.14. The van der Waals surface area contributed by atoms with Gasteiger partial charge in [-0.25, -0.2) is 0 Å². The summed E-state index contributed by atoms with van der Waals surface area (Å²) in [6, 6.07) is 25.9. The second-order valence-corrected chi connectivity index (χ2v) is 7.33. The van der Waals surface area contributed by atoms with Crippen molar-refractivity contribution >= 4 is 17.3 Å². The topological polar surface area (TPSA) is 41.6 Å². The van der Waals surface area contributed by atoms with Crippen LogP contribution in [0.1, 0.15) is 30.9 Å². The maximum atomic E-state index is 12.9. The zero-order valence-corrected chi connectivity index (χ0v) is 17.3. The number of ether oxygens (including phenoxy) is 1. The Bertz CT molecular complexity index is 921. The van der Waals surface area contributed by atoms with Crippen molar-refractivity contribution in [1.82, 2.24) is 0 Å². The van der Waals surface area contributed by atoms with Crippen LogP contribution in [0, 0.1) is 0 Å². The number of hydrogen-bond acceptors (Lipinski definition) is 3. The van der Waals surface area contributed by atoms with E-state index in [1.807, 2.05) is 60.7 Å². The van der Waals surface area contributed by atoms with E-state index in [2.05, 4.69) is 42.3 Å². The maximum absolute atomic E-state index is 12.9. The largest absolute Gasteiger partial charge is 0.497 e. The molecular formula is C25H28N2O2. The Labute approximate surface area is 173 Å². The van der Waals surface area contributed by atoms with Crippen LogP contribution in [0.25, 0.3) is 0 Å². The highest BCUT2D eigenvalue weighted by molar-refractivity contribution is 5.94. The summed E-state index contributed by atoms with van der Waals surface area (Å²) >= 11 is 0. The Kier molecular flexibility index (Phi) is 6.90. The van der Waals surface area contributed by atoms with Gasteiger partial charge < -0.3 is 15.0 Å². The van der Waals surface area contributed by atoms with Crippen molar-refractivity contribution in [2.75, 3.05) is 23.9 Å². The molecule has 0 heterocycles. The summed E-state index contributed by atoms with van der Waals surface area (Å²) < 4.78 is 5.27. The molecule has 0 unspecified atom stereocenters. The third-order valence-electron chi connectivity index (χ3n) is 4.85. The molecule has 0 aliphatic carbocycles. The van der Waals surface area contributed by atoms with E-state index in [4.69, 9.17) is 4.74 Å². The third-order valence-corrected chi connectivity index (χ3v) is 4.85. The average molecular weight is 389 g/mol. The highest BCUT2D eigenvalue weighted by atomic mass is 16.5. The fourth-order valence-corrected chi connectivity index (χ4v) is 3.31. The molecule has 0 spiro atoms. The lowest BCUT2D eigenvalue weighted by molar-refractivity contribution is -0.115. The first kappa shape index (κ1) is 20.5. The number of methoxy groups -OCH3 is 1. The molecule has 4 nitrogen and oxygen atoms in total. The molecule has 3 rings (SSSR count). The monoisotopic (exact) mass is 388 g/mol. The Balaban J connectivity index is 1.79. The van der Waals surface area contributed by atoms with E-state index in [-0.39, 0.29) is 12.5 Å². The van der Waals surface area contributed by atoms with E-state index in [0.717, 1.165) is 28.3 Å². The molecule has 1 N–H and O–H groups in total. The lowest BCUT2D eigenvalue weighted by Crippen LogP contribution is -2.33. The highest BCUT2D eigenvalue weighted by Crippen LogP contribution is 2.25. The quantitative estimate of drug-likeness (QED) is 0.557. The number of anilines is 2. The normalized spacial score (nSPS) is 10.6. The zero-order valence-electron chi connectivity index (χ0n) is 17.3. The second kappa shape index (κ2) is 9.78. The number of carbonyl (C=O) groups excluding carboxylic acids is 1. The van der Waals surface area contributed by atoms with Crippen LogP contribution in [-0.4, -0.2) is 19.6 Å². The van der Waals surface area contributed by atoms with E-state index in [1.54, 1.807) is 7.11 Å². The predicted octanol–water partition coefficient (Wildman–Crippen LogP) is 5.46. The molecule has 4 heteroatoms. The molecule has 0 radical (unpaired) electrons. The fraction of sp³-hybridized carbons (Fsp3) is 0.240. The molecule has 0 saturated heterocycles. The summed E-state index contributed by atoms with van der Waals surface area (Å²) in [7, 11) is 1.65. The van der Waals surface area contributed by atoms with Crippen molar-refractivity contribution in [2.24, 2.45) is 0 Å². The lowest BCUT2D eigenvalue weighted by atomic mass is 10.0. The number of nitrogens with one attached hydrogen (secondary N) is 1. The van der Waals surface area contributed by atoms with Gasteiger partial charge in [0.2, 0.25) is 5.91 Å². The van der Waals surface area contributed by atoms with Crippen molar-refractivity contribution in [3.63, 3.8) is 0 Å². The molecular weight excluding hydrogens is 360 g/mol. The number of amides is 1. The molecule has 0 aromatic heterocycles. The molecule has 3 aromatic rings. The molecule has 0 fully saturated rings. The third kappa shape index (κ3) is 5.61. The summed E-state index contributed by atoms with van der Waals surface area (Å²) in [4.78, 5) is 15.0. The second-order valence-electron chi connectivity index (χ2n) is 7.33. The van der Waals surface area contributed by atoms with Gasteiger partial charge in [-0.1, -0.05) is 62.4 Å². The van der Waals surface area contributed by atoms with Gasteiger partial charge in [0, 0.05) is 17.9 Å². The molecule has 1 amide bonds.